The molecule has 0 bridgehead atoms. The standard InChI is InChI=1S/C9H10FNO2/c1-12-9-4-7(10)8(5-11-9)13-6-2-3-6/h4-6H,2-3H2,1H3. The Hall–Kier alpha value is -1.32. The molecule has 70 valence electrons. The van der Waals surface area contributed by atoms with E-state index >= 15 is 0 Å². The molecule has 0 N–H and O–H groups in total. The van der Waals surface area contributed by atoms with Crippen molar-refractivity contribution in [2.45, 2.75) is 18.9 Å². The molecule has 0 aromatic carbocycles. The number of pyridine rings is 1. The third kappa shape index (κ3) is 1.88. The average Bonchev–Trinajstić information content (AvgIpc) is 2.92. The molecular formula is C9H10FNO2. The van der Waals surface area contributed by atoms with Crippen LogP contribution in [0.5, 0.6) is 11.6 Å². The Kier molecular flexibility index (Phi) is 2.04. The maximum absolute atomic E-state index is 13.2. The van der Waals surface area contributed by atoms with Gasteiger partial charge in [-0.25, -0.2) is 9.37 Å². The highest BCUT2D eigenvalue weighted by Gasteiger charge is 2.24. The minimum atomic E-state index is -0.418. The summed E-state index contributed by atoms with van der Waals surface area (Å²) in [5.41, 5.74) is 0. The maximum Gasteiger partial charge on any atom is 0.216 e. The summed E-state index contributed by atoms with van der Waals surface area (Å²) in [4.78, 5) is 3.85. The van der Waals surface area contributed by atoms with Gasteiger partial charge in [-0.3, -0.25) is 0 Å². The topological polar surface area (TPSA) is 31.4 Å². The van der Waals surface area contributed by atoms with Crippen LogP contribution in [-0.2, 0) is 0 Å². The minimum Gasteiger partial charge on any atom is -0.486 e. The zero-order valence-corrected chi connectivity index (χ0v) is 7.29. The molecule has 0 saturated heterocycles. The zero-order chi connectivity index (χ0) is 9.26. The Labute approximate surface area is 75.5 Å². The van der Waals surface area contributed by atoms with Gasteiger partial charge >= 0.3 is 0 Å². The molecule has 0 spiro atoms. The molecule has 1 heterocycles. The molecule has 0 radical (unpaired) electrons. The van der Waals surface area contributed by atoms with Crippen molar-refractivity contribution >= 4 is 0 Å². The van der Waals surface area contributed by atoms with Crippen LogP contribution in [-0.4, -0.2) is 18.2 Å². The van der Waals surface area contributed by atoms with Gasteiger partial charge in [0.15, 0.2) is 11.6 Å². The summed E-state index contributed by atoms with van der Waals surface area (Å²) < 4.78 is 23.2. The molecule has 0 unspecified atom stereocenters. The van der Waals surface area contributed by atoms with E-state index in [4.69, 9.17) is 9.47 Å². The van der Waals surface area contributed by atoms with Gasteiger partial charge in [0.1, 0.15) is 0 Å². The summed E-state index contributed by atoms with van der Waals surface area (Å²) in [5.74, 6) is 0.0581. The van der Waals surface area contributed by atoms with E-state index in [2.05, 4.69) is 4.98 Å². The van der Waals surface area contributed by atoms with Gasteiger partial charge in [-0.2, -0.15) is 0 Å². The van der Waals surface area contributed by atoms with E-state index in [-0.39, 0.29) is 17.7 Å². The van der Waals surface area contributed by atoms with Crippen molar-refractivity contribution in [2.24, 2.45) is 0 Å². The lowest BCUT2D eigenvalue weighted by Gasteiger charge is -2.05. The summed E-state index contributed by atoms with van der Waals surface area (Å²) in [7, 11) is 1.45. The number of rotatable bonds is 3. The van der Waals surface area contributed by atoms with Crippen molar-refractivity contribution in [3.05, 3.63) is 18.1 Å². The minimum absolute atomic E-state index is 0.185. The lowest BCUT2D eigenvalue weighted by atomic mass is 10.4. The van der Waals surface area contributed by atoms with Crippen molar-refractivity contribution in [3.8, 4) is 11.6 Å². The second-order valence-electron chi connectivity index (χ2n) is 2.97. The van der Waals surface area contributed by atoms with E-state index in [1.165, 1.54) is 19.4 Å². The van der Waals surface area contributed by atoms with Gasteiger partial charge in [-0.05, 0) is 12.8 Å². The molecule has 1 aromatic heterocycles. The molecule has 0 amide bonds. The summed E-state index contributed by atoms with van der Waals surface area (Å²) in [6, 6.07) is 1.22. The van der Waals surface area contributed by atoms with Crippen LogP contribution in [0.15, 0.2) is 12.3 Å². The van der Waals surface area contributed by atoms with Crippen molar-refractivity contribution in [2.75, 3.05) is 7.11 Å². The first-order chi connectivity index (χ1) is 6.29. The number of halogens is 1. The summed E-state index contributed by atoms with van der Waals surface area (Å²) >= 11 is 0. The van der Waals surface area contributed by atoms with Gasteiger partial charge < -0.3 is 9.47 Å². The SMILES string of the molecule is COc1cc(F)c(OC2CC2)cn1. The molecule has 0 atom stereocenters. The normalized spacial score (nSPS) is 15.5. The van der Waals surface area contributed by atoms with Crippen LogP contribution in [0, 0.1) is 5.82 Å². The molecule has 13 heavy (non-hydrogen) atoms. The molecule has 1 fully saturated rings. The second kappa shape index (κ2) is 3.20. The zero-order valence-electron chi connectivity index (χ0n) is 7.29. The Morgan fingerprint density at radius 1 is 1.54 bits per heavy atom. The van der Waals surface area contributed by atoms with Crippen molar-refractivity contribution in [3.63, 3.8) is 0 Å². The number of ether oxygens (including phenoxy) is 2. The molecule has 4 heteroatoms. The Balaban J connectivity index is 2.15. The van der Waals surface area contributed by atoms with Crippen LogP contribution in [0.25, 0.3) is 0 Å². The lowest BCUT2D eigenvalue weighted by Crippen LogP contribution is -1.99. The maximum atomic E-state index is 13.2. The number of hydrogen-bond donors (Lipinski definition) is 0. The second-order valence-corrected chi connectivity index (χ2v) is 2.97. The van der Waals surface area contributed by atoms with Gasteiger partial charge in [-0.15, -0.1) is 0 Å². The predicted molar refractivity (Wildman–Crippen MR) is 44.4 cm³/mol. The molecule has 1 aliphatic carbocycles. The molecule has 3 nitrogen and oxygen atoms in total. The van der Waals surface area contributed by atoms with E-state index in [1.807, 2.05) is 0 Å². The van der Waals surface area contributed by atoms with Crippen LogP contribution in [0.3, 0.4) is 0 Å². The number of aromatic nitrogens is 1. The number of nitrogens with zero attached hydrogens (tertiary/aromatic N) is 1. The summed E-state index contributed by atoms with van der Waals surface area (Å²) in [6.07, 6.45) is 3.55. The largest absolute Gasteiger partial charge is 0.486 e. The summed E-state index contributed by atoms with van der Waals surface area (Å²) in [5, 5.41) is 0. The fourth-order valence-electron chi connectivity index (χ4n) is 0.965. The Morgan fingerprint density at radius 2 is 2.31 bits per heavy atom. The van der Waals surface area contributed by atoms with Crippen LogP contribution >= 0.6 is 0 Å². The van der Waals surface area contributed by atoms with E-state index in [1.54, 1.807) is 0 Å². The lowest BCUT2D eigenvalue weighted by molar-refractivity contribution is 0.283. The molecule has 1 saturated carbocycles. The third-order valence-corrected chi connectivity index (χ3v) is 1.82. The molecule has 1 aromatic rings. The predicted octanol–water partition coefficient (Wildman–Crippen LogP) is 1.77. The first kappa shape index (κ1) is 8.29. The van der Waals surface area contributed by atoms with Crippen LogP contribution < -0.4 is 9.47 Å². The van der Waals surface area contributed by atoms with Gasteiger partial charge in [0, 0.05) is 6.07 Å². The fourth-order valence-corrected chi connectivity index (χ4v) is 0.965. The smallest absolute Gasteiger partial charge is 0.216 e. The number of hydrogen-bond acceptors (Lipinski definition) is 3. The molecule has 0 aliphatic heterocycles. The van der Waals surface area contributed by atoms with E-state index in [0.29, 0.717) is 0 Å². The monoisotopic (exact) mass is 183 g/mol. The fraction of sp³-hybridized carbons (Fsp3) is 0.444. The highest BCUT2D eigenvalue weighted by atomic mass is 19.1. The van der Waals surface area contributed by atoms with Gasteiger partial charge in [0.25, 0.3) is 0 Å². The highest BCUT2D eigenvalue weighted by Crippen LogP contribution is 2.28. The quantitative estimate of drug-likeness (QED) is 0.715. The number of methoxy groups -OCH3 is 1. The Morgan fingerprint density at radius 3 is 2.85 bits per heavy atom. The van der Waals surface area contributed by atoms with Crippen LogP contribution in [0.4, 0.5) is 4.39 Å². The Bertz CT molecular complexity index is 312. The molecule has 2 rings (SSSR count). The van der Waals surface area contributed by atoms with Crippen molar-refractivity contribution < 1.29 is 13.9 Å². The van der Waals surface area contributed by atoms with E-state index in [9.17, 15) is 4.39 Å². The first-order valence-corrected chi connectivity index (χ1v) is 4.16. The van der Waals surface area contributed by atoms with Gasteiger partial charge in [0.2, 0.25) is 5.88 Å². The third-order valence-electron chi connectivity index (χ3n) is 1.82. The molecule has 1 aliphatic rings. The average molecular weight is 183 g/mol. The first-order valence-electron chi connectivity index (χ1n) is 4.16. The van der Waals surface area contributed by atoms with E-state index in [0.717, 1.165) is 12.8 Å². The van der Waals surface area contributed by atoms with Crippen molar-refractivity contribution in [1.82, 2.24) is 4.98 Å². The van der Waals surface area contributed by atoms with Gasteiger partial charge in [-0.1, -0.05) is 0 Å². The van der Waals surface area contributed by atoms with Crippen molar-refractivity contribution in [1.29, 1.82) is 0 Å². The van der Waals surface area contributed by atoms with Crippen LogP contribution in [0.2, 0.25) is 0 Å². The highest BCUT2D eigenvalue weighted by molar-refractivity contribution is 5.25. The van der Waals surface area contributed by atoms with E-state index < -0.39 is 5.82 Å². The summed E-state index contributed by atoms with van der Waals surface area (Å²) in [6.45, 7) is 0. The van der Waals surface area contributed by atoms with Gasteiger partial charge in [0.05, 0.1) is 19.4 Å². The van der Waals surface area contributed by atoms with Crippen LogP contribution in [0.1, 0.15) is 12.8 Å². The molecular weight excluding hydrogens is 173 g/mol.